The van der Waals surface area contributed by atoms with Crippen molar-refractivity contribution in [1.29, 1.82) is 0 Å². The van der Waals surface area contributed by atoms with Crippen molar-refractivity contribution in [2.24, 2.45) is 5.92 Å². The lowest BCUT2D eigenvalue weighted by molar-refractivity contribution is 0.0288. The zero-order valence-corrected chi connectivity index (χ0v) is 16.6. The molecule has 23 heavy (non-hydrogen) atoms. The number of amides is 2. The van der Waals surface area contributed by atoms with Crippen LogP contribution in [0.4, 0.5) is 4.79 Å². The standard InChI is InChI=1S/C15H21Br2N3O3/c1-15(2,3)23-14(22)20-5-4-9(8-20)7-18-13(21)11-6-10(16)12(17)19-11/h6,9,19H,4-5,7-8H2,1-3H3,(H,18,21)/t9-/m1/s1. The van der Waals surface area contributed by atoms with Crippen molar-refractivity contribution >= 4 is 43.9 Å². The minimum Gasteiger partial charge on any atom is -0.444 e. The van der Waals surface area contributed by atoms with Gasteiger partial charge in [0, 0.05) is 19.6 Å². The largest absolute Gasteiger partial charge is 0.444 e. The highest BCUT2D eigenvalue weighted by atomic mass is 79.9. The predicted octanol–water partition coefficient (Wildman–Crippen LogP) is 3.53. The predicted molar refractivity (Wildman–Crippen MR) is 94.4 cm³/mol. The topological polar surface area (TPSA) is 74.4 Å². The monoisotopic (exact) mass is 449 g/mol. The van der Waals surface area contributed by atoms with Gasteiger partial charge in [-0.05, 0) is 71.0 Å². The Morgan fingerprint density at radius 2 is 2.13 bits per heavy atom. The summed E-state index contributed by atoms with van der Waals surface area (Å²) in [5, 5.41) is 2.90. The lowest BCUT2D eigenvalue weighted by Gasteiger charge is -2.24. The number of nitrogens with one attached hydrogen (secondary N) is 2. The molecule has 1 aromatic rings. The Bertz CT molecular complexity index is 576. The number of hydrogen-bond donors (Lipinski definition) is 2. The molecule has 128 valence electrons. The first kappa shape index (κ1) is 18.3. The first-order valence-electron chi connectivity index (χ1n) is 7.46. The molecule has 1 atom stereocenters. The van der Waals surface area contributed by atoms with Gasteiger partial charge in [-0.25, -0.2) is 4.79 Å². The van der Waals surface area contributed by atoms with Crippen molar-refractivity contribution in [3.05, 3.63) is 20.8 Å². The summed E-state index contributed by atoms with van der Waals surface area (Å²) in [5.41, 5.74) is 0.00311. The third-order valence-electron chi connectivity index (χ3n) is 3.46. The Balaban J connectivity index is 1.79. The molecule has 2 rings (SSSR count). The van der Waals surface area contributed by atoms with E-state index in [0.717, 1.165) is 15.5 Å². The normalized spacial score (nSPS) is 18.1. The van der Waals surface area contributed by atoms with Gasteiger partial charge in [-0.1, -0.05) is 0 Å². The number of carbonyl (C=O) groups excluding carboxylic acids is 2. The van der Waals surface area contributed by atoms with Crippen LogP contribution in [0.3, 0.4) is 0 Å². The van der Waals surface area contributed by atoms with Crippen molar-refractivity contribution in [3.63, 3.8) is 0 Å². The molecule has 1 aromatic heterocycles. The van der Waals surface area contributed by atoms with E-state index >= 15 is 0 Å². The lowest BCUT2D eigenvalue weighted by Crippen LogP contribution is -2.36. The van der Waals surface area contributed by atoms with E-state index in [-0.39, 0.29) is 17.9 Å². The van der Waals surface area contributed by atoms with Crippen LogP contribution in [0.15, 0.2) is 15.1 Å². The van der Waals surface area contributed by atoms with E-state index in [4.69, 9.17) is 4.74 Å². The molecular formula is C15H21Br2N3O3. The highest BCUT2D eigenvalue weighted by molar-refractivity contribution is 9.13. The van der Waals surface area contributed by atoms with Crippen LogP contribution < -0.4 is 5.32 Å². The highest BCUT2D eigenvalue weighted by Gasteiger charge is 2.30. The van der Waals surface area contributed by atoms with E-state index in [0.29, 0.717) is 25.3 Å². The van der Waals surface area contributed by atoms with Gasteiger partial charge in [0.25, 0.3) is 5.91 Å². The number of likely N-dealkylation sites (tertiary alicyclic amines) is 1. The Morgan fingerprint density at radius 3 is 2.70 bits per heavy atom. The van der Waals surface area contributed by atoms with E-state index in [1.807, 2.05) is 20.8 Å². The second-order valence-corrected chi connectivity index (χ2v) is 8.28. The van der Waals surface area contributed by atoms with E-state index < -0.39 is 5.60 Å². The average Bonchev–Trinajstić information content (AvgIpc) is 3.02. The molecule has 8 heteroatoms. The Morgan fingerprint density at radius 1 is 1.43 bits per heavy atom. The summed E-state index contributed by atoms with van der Waals surface area (Å²) in [6, 6.07) is 1.72. The summed E-state index contributed by atoms with van der Waals surface area (Å²) >= 11 is 6.64. The van der Waals surface area contributed by atoms with Gasteiger partial charge in [-0.2, -0.15) is 0 Å². The van der Waals surface area contributed by atoms with Crippen LogP contribution in [0.2, 0.25) is 0 Å². The first-order valence-corrected chi connectivity index (χ1v) is 9.04. The van der Waals surface area contributed by atoms with Gasteiger partial charge in [-0.15, -0.1) is 0 Å². The lowest BCUT2D eigenvalue weighted by atomic mass is 10.1. The van der Waals surface area contributed by atoms with Crippen molar-refractivity contribution in [2.45, 2.75) is 32.8 Å². The third-order valence-corrected chi connectivity index (χ3v) is 5.24. The number of hydrogen-bond acceptors (Lipinski definition) is 3. The fraction of sp³-hybridized carbons (Fsp3) is 0.600. The molecule has 0 saturated carbocycles. The van der Waals surface area contributed by atoms with Crippen LogP contribution in [-0.2, 0) is 4.74 Å². The summed E-state index contributed by atoms with van der Waals surface area (Å²) in [5.74, 6) is 0.0837. The summed E-state index contributed by atoms with van der Waals surface area (Å²) < 4.78 is 6.91. The van der Waals surface area contributed by atoms with Crippen molar-refractivity contribution in [3.8, 4) is 0 Å². The second-order valence-electron chi connectivity index (χ2n) is 6.64. The number of nitrogens with zero attached hydrogens (tertiary/aromatic N) is 1. The quantitative estimate of drug-likeness (QED) is 0.739. The van der Waals surface area contributed by atoms with Crippen LogP contribution >= 0.6 is 31.9 Å². The number of ether oxygens (including phenoxy) is 1. The van der Waals surface area contributed by atoms with E-state index in [1.165, 1.54) is 0 Å². The Kier molecular flexibility index (Phi) is 5.78. The van der Waals surface area contributed by atoms with E-state index in [2.05, 4.69) is 42.2 Å². The average molecular weight is 451 g/mol. The Labute approximate surface area is 152 Å². The zero-order chi connectivity index (χ0) is 17.2. The molecule has 1 fully saturated rings. The molecule has 2 heterocycles. The minimum absolute atomic E-state index is 0.160. The minimum atomic E-state index is -0.488. The highest BCUT2D eigenvalue weighted by Crippen LogP contribution is 2.23. The number of carbonyl (C=O) groups is 2. The number of aromatic amines is 1. The van der Waals surface area contributed by atoms with E-state index in [1.54, 1.807) is 11.0 Å². The van der Waals surface area contributed by atoms with Gasteiger partial charge in [0.1, 0.15) is 11.3 Å². The maximum Gasteiger partial charge on any atom is 0.410 e. The van der Waals surface area contributed by atoms with Crippen LogP contribution in [0.25, 0.3) is 0 Å². The van der Waals surface area contributed by atoms with Gasteiger partial charge < -0.3 is 19.9 Å². The number of rotatable bonds is 3. The van der Waals surface area contributed by atoms with Gasteiger partial charge in [0.2, 0.25) is 0 Å². The summed E-state index contributed by atoms with van der Waals surface area (Å²) in [7, 11) is 0. The van der Waals surface area contributed by atoms with Crippen molar-refractivity contribution < 1.29 is 14.3 Å². The number of aromatic nitrogens is 1. The molecule has 6 nitrogen and oxygen atoms in total. The van der Waals surface area contributed by atoms with Gasteiger partial charge in [0.05, 0.1) is 9.08 Å². The second kappa shape index (κ2) is 7.25. The zero-order valence-electron chi connectivity index (χ0n) is 13.4. The number of halogens is 2. The molecule has 1 aliphatic heterocycles. The van der Waals surface area contributed by atoms with E-state index in [9.17, 15) is 9.59 Å². The van der Waals surface area contributed by atoms with Crippen molar-refractivity contribution in [1.82, 2.24) is 15.2 Å². The molecule has 0 unspecified atom stereocenters. The first-order chi connectivity index (χ1) is 10.7. The maximum absolute atomic E-state index is 12.1. The summed E-state index contributed by atoms with van der Waals surface area (Å²) in [6.07, 6.45) is 0.570. The fourth-order valence-corrected chi connectivity index (χ4v) is 3.01. The van der Waals surface area contributed by atoms with Crippen LogP contribution in [0.1, 0.15) is 37.7 Å². The summed E-state index contributed by atoms with van der Waals surface area (Å²) in [4.78, 5) is 28.7. The van der Waals surface area contributed by atoms with Crippen LogP contribution in [0.5, 0.6) is 0 Å². The third kappa shape index (κ3) is 5.24. The van der Waals surface area contributed by atoms with Crippen LogP contribution in [0, 0.1) is 5.92 Å². The van der Waals surface area contributed by atoms with Crippen LogP contribution in [-0.4, -0.2) is 47.1 Å². The molecule has 1 saturated heterocycles. The fourth-order valence-electron chi connectivity index (χ4n) is 2.35. The summed E-state index contributed by atoms with van der Waals surface area (Å²) in [6.45, 7) is 7.36. The van der Waals surface area contributed by atoms with Gasteiger partial charge >= 0.3 is 6.09 Å². The molecule has 2 N–H and O–H groups in total. The smallest absolute Gasteiger partial charge is 0.410 e. The molecule has 0 bridgehead atoms. The molecule has 0 aliphatic carbocycles. The van der Waals surface area contributed by atoms with Gasteiger partial charge in [-0.3, -0.25) is 4.79 Å². The molecular weight excluding hydrogens is 430 g/mol. The van der Waals surface area contributed by atoms with Gasteiger partial charge in [0.15, 0.2) is 0 Å². The Hall–Kier alpha value is -1.02. The maximum atomic E-state index is 12.1. The number of H-pyrrole nitrogens is 1. The molecule has 0 radical (unpaired) electrons. The molecule has 0 aromatic carbocycles. The molecule has 1 aliphatic rings. The van der Waals surface area contributed by atoms with Crippen molar-refractivity contribution in [2.75, 3.05) is 19.6 Å². The molecule has 0 spiro atoms. The SMILES string of the molecule is CC(C)(C)OC(=O)N1CC[C@H](CNC(=O)c2cc(Br)c(Br)[nH]2)C1. The molecule has 2 amide bonds.